The van der Waals surface area contributed by atoms with Gasteiger partial charge in [0.2, 0.25) is 0 Å². The van der Waals surface area contributed by atoms with E-state index in [1.54, 1.807) is 4.90 Å². The van der Waals surface area contributed by atoms with Crippen molar-refractivity contribution in [2.45, 2.75) is 13.8 Å². The zero-order chi connectivity index (χ0) is 12.4. The third-order valence-corrected chi connectivity index (χ3v) is 3.35. The lowest BCUT2D eigenvalue weighted by molar-refractivity contribution is 0.204. The Bertz CT molecular complexity index is 402. The van der Waals surface area contributed by atoms with Gasteiger partial charge in [-0.3, -0.25) is 0 Å². The molecule has 2 amide bonds. The average molecular weight is 233 g/mol. The highest BCUT2D eigenvalue weighted by atomic mass is 16.2. The SMILES string of the molecule is Cc1cccc(C)c1N1CCN(C(N)=O)CC1. The number of primary amides is 1. The molecule has 92 valence electrons. The number of amides is 2. The van der Waals surface area contributed by atoms with E-state index in [0.29, 0.717) is 13.1 Å². The molecule has 0 spiro atoms. The van der Waals surface area contributed by atoms with Gasteiger partial charge < -0.3 is 15.5 Å². The highest BCUT2D eigenvalue weighted by molar-refractivity contribution is 5.72. The molecule has 4 heteroatoms. The molecule has 2 N–H and O–H groups in total. The van der Waals surface area contributed by atoms with Crippen LogP contribution in [0.3, 0.4) is 0 Å². The summed E-state index contributed by atoms with van der Waals surface area (Å²) in [5, 5.41) is 0. The van der Waals surface area contributed by atoms with Crippen molar-refractivity contribution >= 4 is 11.7 Å². The molecule has 2 rings (SSSR count). The van der Waals surface area contributed by atoms with Gasteiger partial charge in [-0.2, -0.15) is 0 Å². The van der Waals surface area contributed by atoms with E-state index < -0.39 is 0 Å². The lowest BCUT2D eigenvalue weighted by atomic mass is 10.1. The lowest BCUT2D eigenvalue weighted by Gasteiger charge is -2.36. The Morgan fingerprint density at radius 2 is 1.65 bits per heavy atom. The summed E-state index contributed by atoms with van der Waals surface area (Å²) in [5.41, 5.74) is 9.16. The molecule has 0 radical (unpaired) electrons. The summed E-state index contributed by atoms with van der Waals surface area (Å²) in [6.45, 7) is 7.39. The summed E-state index contributed by atoms with van der Waals surface area (Å²) in [6.07, 6.45) is 0. The molecular formula is C13H19N3O. The number of para-hydroxylation sites is 1. The van der Waals surface area contributed by atoms with Crippen LogP contribution in [-0.4, -0.2) is 37.1 Å². The number of urea groups is 1. The maximum absolute atomic E-state index is 11.1. The Labute approximate surface area is 102 Å². The molecule has 1 fully saturated rings. The number of nitrogens with zero attached hydrogens (tertiary/aromatic N) is 2. The van der Waals surface area contributed by atoms with Crippen LogP contribution in [0.5, 0.6) is 0 Å². The zero-order valence-corrected chi connectivity index (χ0v) is 10.4. The number of hydrogen-bond donors (Lipinski definition) is 1. The first-order chi connectivity index (χ1) is 8.09. The smallest absolute Gasteiger partial charge is 0.314 e. The van der Waals surface area contributed by atoms with Crippen LogP contribution in [0, 0.1) is 13.8 Å². The van der Waals surface area contributed by atoms with E-state index in [-0.39, 0.29) is 6.03 Å². The predicted molar refractivity (Wildman–Crippen MR) is 69.3 cm³/mol. The van der Waals surface area contributed by atoms with Crippen LogP contribution in [0.25, 0.3) is 0 Å². The van der Waals surface area contributed by atoms with Gasteiger partial charge in [0.1, 0.15) is 0 Å². The molecule has 1 aliphatic rings. The summed E-state index contributed by atoms with van der Waals surface area (Å²) in [7, 11) is 0. The molecule has 0 unspecified atom stereocenters. The standard InChI is InChI=1S/C13H19N3O/c1-10-4-3-5-11(2)12(10)15-6-8-16(9-7-15)13(14)17/h3-5H,6-9H2,1-2H3,(H2,14,17). The van der Waals surface area contributed by atoms with E-state index >= 15 is 0 Å². The normalized spacial score (nSPS) is 16.1. The summed E-state index contributed by atoms with van der Waals surface area (Å²) < 4.78 is 0. The molecule has 0 aromatic heterocycles. The van der Waals surface area contributed by atoms with Gasteiger partial charge in [-0.05, 0) is 25.0 Å². The molecule has 1 aromatic rings. The van der Waals surface area contributed by atoms with Crippen molar-refractivity contribution in [1.82, 2.24) is 4.90 Å². The minimum atomic E-state index is -0.314. The summed E-state index contributed by atoms with van der Waals surface area (Å²) in [5.74, 6) is 0. The van der Waals surface area contributed by atoms with Crippen molar-refractivity contribution in [1.29, 1.82) is 0 Å². The third kappa shape index (κ3) is 2.35. The number of aryl methyl sites for hydroxylation is 2. The van der Waals surface area contributed by atoms with Crippen LogP contribution in [0.1, 0.15) is 11.1 Å². The van der Waals surface area contributed by atoms with Crippen molar-refractivity contribution in [2.24, 2.45) is 5.73 Å². The molecule has 0 bridgehead atoms. The second-order valence-electron chi connectivity index (χ2n) is 4.55. The van der Waals surface area contributed by atoms with Gasteiger partial charge in [0.05, 0.1) is 0 Å². The van der Waals surface area contributed by atoms with Gasteiger partial charge in [-0.15, -0.1) is 0 Å². The Balaban J connectivity index is 2.13. The predicted octanol–water partition coefficient (Wildman–Crippen LogP) is 1.50. The molecule has 1 aliphatic heterocycles. The monoisotopic (exact) mass is 233 g/mol. The van der Waals surface area contributed by atoms with Gasteiger partial charge in [0, 0.05) is 31.9 Å². The van der Waals surface area contributed by atoms with Crippen LogP contribution in [0.15, 0.2) is 18.2 Å². The first-order valence-electron chi connectivity index (χ1n) is 5.95. The fraction of sp³-hybridized carbons (Fsp3) is 0.462. The number of nitrogens with two attached hydrogens (primary N) is 1. The van der Waals surface area contributed by atoms with Crippen LogP contribution in [0.4, 0.5) is 10.5 Å². The van der Waals surface area contributed by atoms with Gasteiger partial charge >= 0.3 is 6.03 Å². The number of hydrogen-bond acceptors (Lipinski definition) is 2. The fourth-order valence-electron chi connectivity index (χ4n) is 2.45. The van der Waals surface area contributed by atoms with E-state index in [9.17, 15) is 4.79 Å². The highest BCUT2D eigenvalue weighted by Gasteiger charge is 2.21. The topological polar surface area (TPSA) is 49.6 Å². The molecule has 0 aliphatic carbocycles. The summed E-state index contributed by atoms with van der Waals surface area (Å²) in [6, 6.07) is 6.02. The first kappa shape index (κ1) is 11.8. The second kappa shape index (κ2) is 4.65. The van der Waals surface area contributed by atoms with Crippen molar-refractivity contribution in [2.75, 3.05) is 31.1 Å². The van der Waals surface area contributed by atoms with Crippen LogP contribution < -0.4 is 10.6 Å². The van der Waals surface area contributed by atoms with Crippen LogP contribution >= 0.6 is 0 Å². The van der Waals surface area contributed by atoms with E-state index in [4.69, 9.17) is 5.73 Å². The molecule has 0 atom stereocenters. The van der Waals surface area contributed by atoms with Crippen LogP contribution in [-0.2, 0) is 0 Å². The first-order valence-corrected chi connectivity index (χ1v) is 5.95. The minimum absolute atomic E-state index is 0.314. The van der Waals surface area contributed by atoms with Gasteiger partial charge in [-0.1, -0.05) is 18.2 Å². The van der Waals surface area contributed by atoms with E-state index in [1.807, 2.05) is 0 Å². The summed E-state index contributed by atoms with van der Waals surface area (Å²) >= 11 is 0. The number of piperazine rings is 1. The Morgan fingerprint density at radius 1 is 1.12 bits per heavy atom. The van der Waals surface area contributed by atoms with Crippen molar-refractivity contribution < 1.29 is 4.79 Å². The van der Waals surface area contributed by atoms with Crippen molar-refractivity contribution in [3.8, 4) is 0 Å². The number of benzene rings is 1. The number of rotatable bonds is 1. The number of anilines is 1. The van der Waals surface area contributed by atoms with Gasteiger partial charge in [0.25, 0.3) is 0 Å². The highest BCUT2D eigenvalue weighted by Crippen LogP contribution is 2.25. The quantitative estimate of drug-likeness (QED) is 0.799. The second-order valence-corrected chi connectivity index (χ2v) is 4.55. The van der Waals surface area contributed by atoms with Crippen molar-refractivity contribution in [3.05, 3.63) is 29.3 Å². The molecule has 0 saturated carbocycles. The van der Waals surface area contributed by atoms with Gasteiger partial charge in [0.15, 0.2) is 0 Å². The fourth-order valence-corrected chi connectivity index (χ4v) is 2.45. The summed E-state index contributed by atoms with van der Waals surface area (Å²) in [4.78, 5) is 15.1. The minimum Gasteiger partial charge on any atom is -0.368 e. The Morgan fingerprint density at radius 3 is 2.12 bits per heavy atom. The van der Waals surface area contributed by atoms with E-state index in [1.165, 1.54) is 16.8 Å². The Hall–Kier alpha value is -1.71. The number of carbonyl (C=O) groups is 1. The average Bonchev–Trinajstić information content (AvgIpc) is 2.29. The number of carbonyl (C=O) groups excluding carboxylic acids is 1. The maximum atomic E-state index is 11.1. The zero-order valence-electron chi connectivity index (χ0n) is 10.4. The third-order valence-electron chi connectivity index (χ3n) is 3.35. The maximum Gasteiger partial charge on any atom is 0.314 e. The molecule has 1 heterocycles. The van der Waals surface area contributed by atoms with Gasteiger partial charge in [-0.25, -0.2) is 4.79 Å². The molecular weight excluding hydrogens is 214 g/mol. The van der Waals surface area contributed by atoms with Crippen molar-refractivity contribution in [3.63, 3.8) is 0 Å². The van der Waals surface area contributed by atoms with Crippen LogP contribution in [0.2, 0.25) is 0 Å². The van der Waals surface area contributed by atoms with E-state index in [0.717, 1.165) is 13.1 Å². The largest absolute Gasteiger partial charge is 0.368 e. The van der Waals surface area contributed by atoms with E-state index in [2.05, 4.69) is 36.9 Å². The molecule has 17 heavy (non-hydrogen) atoms. The molecule has 1 saturated heterocycles. The lowest BCUT2D eigenvalue weighted by Crippen LogP contribution is -2.50. The Kier molecular flexibility index (Phi) is 3.22. The molecule has 4 nitrogen and oxygen atoms in total. The molecule has 1 aromatic carbocycles.